The zero-order valence-corrected chi connectivity index (χ0v) is 16.4. The number of carbonyl (C=O) groups excluding carboxylic acids is 1. The molecule has 0 saturated carbocycles. The van der Waals surface area contributed by atoms with Gasteiger partial charge >= 0.3 is 11.6 Å². The third kappa shape index (κ3) is 3.34. The predicted molar refractivity (Wildman–Crippen MR) is 106 cm³/mol. The monoisotopic (exact) mass is 378 g/mol. The molecule has 4 rings (SSSR count). The molecule has 0 fully saturated rings. The van der Waals surface area contributed by atoms with Crippen molar-refractivity contribution in [3.63, 3.8) is 0 Å². The van der Waals surface area contributed by atoms with Gasteiger partial charge in [-0.1, -0.05) is 24.3 Å². The van der Waals surface area contributed by atoms with Crippen molar-refractivity contribution in [1.29, 1.82) is 0 Å². The van der Waals surface area contributed by atoms with Crippen LogP contribution in [0.3, 0.4) is 0 Å². The van der Waals surface area contributed by atoms with Gasteiger partial charge in [-0.3, -0.25) is 0 Å². The molecule has 144 valence electrons. The van der Waals surface area contributed by atoms with Gasteiger partial charge in [0.2, 0.25) is 0 Å². The van der Waals surface area contributed by atoms with Crippen LogP contribution >= 0.6 is 0 Å². The van der Waals surface area contributed by atoms with Crippen LogP contribution in [0.2, 0.25) is 0 Å². The zero-order valence-electron chi connectivity index (χ0n) is 16.4. The van der Waals surface area contributed by atoms with E-state index in [1.165, 1.54) is 18.2 Å². The van der Waals surface area contributed by atoms with Crippen LogP contribution in [0.4, 0.5) is 0 Å². The summed E-state index contributed by atoms with van der Waals surface area (Å²) in [4.78, 5) is 25.7. The highest BCUT2D eigenvalue weighted by Crippen LogP contribution is 2.22. The summed E-state index contributed by atoms with van der Waals surface area (Å²) in [7, 11) is 1.43. The van der Waals surface area contributed by atoms with E-state index in [0.717, 1.165) is 27.0 Å². The molecule has 2 aromatic carbocycles. The summed E-state index contributed by atoms with van der Waals surface area (Å²) in [6, 6.07) is 13.4. The molecule has 1 aliphatic heterocycles. The van der Waals surface area contributed by atoms with Crippen LogP contribution in [0.15, 0.2) is 51.7 Å². The molecule has 3 aromatic rings. The smallest absolute Gasteiger partial charge is 0.365 e. The van der Waals surface area contributed by atoms with Crippen molar-refractivity contribution in [2.45, 2.75) is 39.4 Å². The molecule has 5 heteroatoms. The second kappa shape index (κ2) is 7.24. The zero-order chi connectivity index (χ0) is 19.8. The Labute approximate surface area is 163 Å². The Bertz CT molecular complexity index is 1120. The van der Waals surface area contributed by atoms with Crippen molar-refractivity contribution < 1.29 is 18.8 Å². The molecule has 1 unspecified atom stereocenters. The number of methoxy groups -OCH3 is 1. The van der Waals surface area contributed by atoms with E-state index >= 15 is 0 Å². The Balaban J connectivity index is 1.77. The highest BCUT2D eigenvalue weighted by Gasteiger charge is 2.36. The summed E-state index contributed by atoms with van der Waals surface area (Å²) in [6.45, 7) is 5.31. The molecule has 0 saturated heterocycles. The molecular weight excluding hydrogens is 354 g/mol. The molecule has 0 radical (unpaired) electrons. The maximum atomic E-state index is 12.5. The first-order chi connectivity index (χ1) is 13.5. The van der Waals surface area contributed by atoms with Crippen LogP contribution in [-0.4, -0.2) is 19.1 Å². The van der Waals surface area contributed by atoms with Crippen molar-refractivity contribution in [2.24, 2.45) is 0 Å². The summed E-state index contributed by atoms with van der Waals surface area (Å²) in [5.41, 5.74) is 5.78. The number of hydrogen-bond acceptors (Lipinski definition) is 4. The average Bonchev–Trinajstić information content (AvgIpc) is 2.68. The van der Waals surface area contributed by atoms with Crippen LogP contribution in [0.25, 0.3) is 11.0 Å². The third-order valence-corrected chi connectivity index (χ3v) is 5.80. The number of rotatable bonds is 3. The summed E-state index contributed by atoms with van der Waals surface area (Å²) >= 11 is 0. The summed E-state index contributed by atoms with van der Waals surface area (Å²) in [6.07, 6.45) is 0.635. The Morgan fingerprint density at radius 2 is 1.86 bits per heavy atom. The Morgan fingerprint density at radius 1 is 1.14 bits per heavy atom. The first-order valence-corrected chi connectivity index (χ1v) is 9.49. The van der Waals surface area contributed by atoms with Crippen LogP contribution in [0, 0.1) is 13.8 Å². The number of fused-ring (bicyclic) bond motifs is 2. The maximum Gasteiger partial charge on any atom is 0.365 e. The second-order valence-electron chi connectivity index (χ2n) is 7.58. The SMILES string of the molecule is COC(=O)[C@H]1Cc2ccccc2C[NH+]1Cc1cc(=O)oc2cc(C)c(C)cc12. The van der Waals surface area contributed by atoms with Crippen molar-refractivity contribution >= 4 is 16.9 Å². The summed E-state index contributed by atoms with van der Waals surface area (Å²) in [5.74, 6) is -0.219. The van der Waals surface area contributed by atoms with E-state index in [4.69, 9.17) is 9.15 Å². The number of benzene rings is 2. The van der Waals surface area contributed by atoms with E-state index in [0.29, 0.717) is 25.1 Å². The van der Waals surface area contributed by atoms with Crippen molar-refractivity contribution in [3.8, 4) is 0 Å². The lowest BCUT2D eigenvalue weighted by Crippen LogP contribution is -3.15. The normalized spacial score (nSPS) is 18.7. The van der Waals surface area contributed by atoms with Gasteiger partial charge in [-0.25, -0.2) is 9.59 Å². The van der Waals surface area contributed by atoms with Crippen molar-refractivity contribution in [1.82, 2.24) is 0 Å². The average molecular weight is 378 g/mol. The number of carbonyl (C=O) groups is 1. The first kappa shape index (κ1) is 18.4. The second-order valence-corrected chi connectivity index (χ2v) is 7.58. The molecule has 1 aromatic heterocycles. The fourth-order valence-electron chi connectivity index (χ4n) is 4.11. The molecule has 2 atom stereocenters. The van der Waals surface area contributed by atoms with E-state index in [2.05, 4.69) is 18.2 Å². The standard InChI is InChI=1S/C23H23NO4/c1-14-8-19-18(11-22(25)28-21(19)9-15(14)2)13-24-12-17-7-5-4-6-16(17)10-20(24)23(26)27-3/h4-9,11,20H,10,12-13H2,1-3H3/p+1/t20-/m1/s1. The molecule has 0 aliphatic carbocycles. The molecule has 5 nitrogen and oxygen atoms in total. The number of esters is 1. The van der Waals surface area contributed by atoms with E-state index in [1.54, 1.807) is 6.07 Å². The highest BCUT2D eigenvalue weighted by atomic mass is 16.5. The number of aryl methyl sites for hydroxylation is 2. The van der Waals surface area contributed by atoms with Gasteiger partial charge in [0.1, 0.15) is 18.7 Å². The number of nitrogens with one attached hydrogen (secondary N) is 1. The lowest BCUT2D eigenvalue weighted by Gasteiger charge is -2.32. The Morgan fingerprint density at radius 3 is 2.61 bits per heavy atom. The van der Waals surface area contributed by atoms with Crippen molar-refractivity contribution in [3.05, 3.63) is 80.7 Å². The van der Waals surface area contributed by atoms with Gasteiger partial charge in [0.25, 0.3) is 0 Å². The van der Waals surface area contributed by atoms with Crippen LogP contribution < -0.4 is 10.5 Å². The molecule has 1 aliphatic rings. The molecule has 28 heavy (non-hydrogen) atoms. The number of hydrogen-bond donors (Lipinski definition) is 1. The Kier molecular flexibility index (Phi) is 4.77. The highest BCUT2D eigenvalue weighted by molar-refractivity contribution is 5.81. The number of ether oxygens (including phenoxy) is 1. The van der Waals surface area contributed by atoms with Gasteiger partial charge in [0.15, 0.2) is 6.04 Å². The minimum atomic E-state index is -0.364. The van der Waals surface area contributed by atoms with Crippen LogP contribution in [0.1, 0.15) is 27.8 Å². The topological polar surface area (TPSA) is 61.0 Å². The predicted octanol–water partition coefficient (Wildman–Crippen LogP) is 2.09. The van der Waals surface area contributed by atoms with Crippen molar-refractivity contribution in [2.75, 3.05) is 7.11 Å². The van der Waals surface area contributed by atoms with Gasteiger partial charge in [-0.2, -0.15) is 0 Å². The van der Waals surface area contributed by atoms with E-state index in [9.17, 15) is 9.59 Å². The lowest BCUT2D eigenvalue weighted by atomic mass is 9.93. The molecule has 0 amide bonds. The number of quaternary nitrogens is 1. The molecular formula is C23H24NO4+. The minimum Gasteiger partial charge on any atom is -0.465 e. The van der Waals surface area contributed by atoms with Gasteiger partial charge < -0.3 is 14.1 Å². The minimum absolute atomic E-state index is 0.219. The third-order valence-electron chi connectivity index (χ3n) is 5.80. The van der Waals surface area contributed by atoms with Crippen LogP contribution in [0.5, 0.6) is 0 Å². The van der Waals surface area contributed by atoms with Gasteiger partial charge in [0, 0.05) is 29.0 Å². The first-order valence-electron chi connectivity index (χ1n) is 9.49. The Hall–Kier alpha value is -2.92. The quantitative estimate of drug-likeness (QED) is 0.560. The molecule has 0 spiro atoms. The summed E-state index contributed by atoms with van der Waals surface area (Å²) < 4.78 is 10.5. The lowest BCUT2D eigenvalue weighted by molar-refractivity contribution is -0.945. The van der Waals surface area contributed by atoms with E-state index in [1.807, 2.05) is 32.0 Å². The van der Waals surface area contributed by atoms with Gasteiger partial charge in [0.05, 0.1) is 7.11 Å². The van der Waals surface area contributed by atoms with Crippen LogP contribution in [-0.2, 0) is 29.0 Å². The fraction of sp³-hybridized carbons (Fsp3) is 0.304. The van der Waals surface area contributed by atoms with E-state index in [-0.39, 0.29) is 17.6 Å². The largest absolute Gasteiger partial charge is 0.465 e. The fourth-order valence-corrected chi connectivity index (χ4v) is 4.11. The molecule has 1 N–H and O–H groups in total. The van der Waals surface area contributed by atoms with Gasteiger partial charge in [-0.15, -0.1) is 0 Å². The van der Waals surface area contributed by atoms with Gasteiger partial charge in [-0.05, 0) is 42.7 Å². The molecule has 2 heterocycles. The maximum absolute atomic E-state index is 12.5. The van der Waals surface area contributed by atoms with E-state index < -0.39 is 0 Å². The molecule has 0 bridgehead atoms. The summed E-state index contributed by atoms with van der Waals surface area (Å²) in [5, 5.41) is 0.928.